The van der Waals surface area contributed by atoms with E-state index in [0.717, 1.165) is 13.0 Å². The zero-order valence-electron chi connectivity index (χ0n) is 6.72. The zero-order chi connectivity index (χ0) is 7.98. The Hall–Kier alpha value is 0.0669. The van der Waals surface area contributed by atoms with E-state index in [0.29, 0.717) is 5.05 Å². The highest BCUT2D eigenvalue weighted by Gasteiger charge is 2.06. The summed E-state index contributed by atoms with van der Waals surface area (Å²) in [6.07, 6.45) is 0.805. The second kappa shape index (κ2) is 5.82. The number of thiocarbonyl (C=S) groups is 1. The van der Waals surface area contributed by atoms with Crippen LogP contribution in [-0.2, 0) is 8.85 Å². The fraction of sp³-hybridized carbons (Fsp3) is 0.833. The van der Waals surface area contributed by atoms with Gasteiger partial charge in [0.15, 0.2) is 0 Å². The second-order valence-electron chi connectivity index (χ2n) is 1.87. The molecule has 0 fully saturated rings. The van der Waals surface area contributed by atoms with Gasteiger partial charge in [0.05, 0.1) is 0 Å². The minimum absolute atomic E-state index is 0.674. The van der Waals surface area contributed by atoms with Crippen molar-refractivity contribution in [2.75, 3.05) is 6.61 Å². The standard InChI is InChI=1S/C6H14O2SSi/c1-4-6(9)8-10(3)7-5-2/h10H,4-5H2,1-3H3. The van der Waals surface area contributed by atoms with Crippen LogP contribution in [0.2, 0.25) is 6.55 Å². The number of hydrogen-bond acceptors (Lipinski definition) is 3. The Morgan fingerprint density at radius 3 is 2.50 bits per heavy atom. The van der Waals surface area contributed by atoms with Gasteiger partial charge < -0.3 is 8.85 Å². The van der Waals surface area contributed by atoms with Crippen molar-refractivity contribution >= 4 is 26.6 Å². The lowest BCUT2D eigenvalue weighted by atomic mass is 10.5. The summed E-state index contributed by atoms with van der Waals surface area (Å²) in [5.74, 6) is 0. The van der Waals surface area contributed by atoms with Gasteiger partial charge in [-0.3, -0.25) is 0 Å². The SMILES string of the molecule is CCO[SiH](C)OC(=S)CC. The smallest absolute Gasteiger partial charge is 0.379 e. The predicted molar refractivity (Wildman–Crippen MR) is 48.6 cm³/mol. The first kappa shape index (κ1) is 10.1. The Bertz CT molecular complexity index is 108. The van der Waals surface area contributed by atoms with Crippen LogP contribution in [0, 0.1) is 0 Å². The molecule has 0 saturated heterocycles. The summed E-state index contributed by atoms with van der Waals surface area (Å²) in [5, 5.41) is 0.674. The molecular weight excluding hydrogens is 164 g/mol. The van der Waals surface area contributed by atoms with Crippen molar-refractivity contribution in [1.29, 1.82) is 0 Å². The molecule has 0 amide bonds. The zero-order valence-corrected chi connectivity index (χ0v) is 8.69. The summed E-state index contributed by atoms with van der Waals surface area (Å²) in [7, 11) is -1.42. The third-order valence-electron chi connectivity index (χ3n) is 0.987. The molecule has 0 aromatic carbocycles. The first-order valence-corrected chi connectivity index (χ1v) is 6.02. The molecule has 0 N–H and O–H groups in total. The average molecular weight is 178 g/mol. The molecule has 0 aromatic rings. The van der Waals surface area contributed by atoms with Crippen LogP contribution in [0.5, 0.6) is 0 Å². The molecule has 0 rings (SSSR count). The Balaban J connectivity index is 3.37. The van der Waals surface area contributed by atoms with E-state index in [-0.39, 0.29) is 0 Å². The maximum atomic E-state index is 5.29. The Morgan fingerprint density at radius 1 is 1.50 bits per heavy atom. The summed E-state index contributed by atoms with van der Waals surface area (Å²) in [6.45, 7) is 6.64. The van der Waals surface area contributed by atoms with Gasteiger partial charge in [-0.1, -0.05) is 6.92 Å². The molecule has 0 spiro atoms. The molecule has 2 nitrogen and oxygen atoms in total. The van der Waals surface area contributed by atoms with E-state index < -0.39 is 9.28 Å². The summed E-state index contributed by atoms with van der Waals surface area (Å²) in [6, 6.07) is 0. The monoisotopic (exact) mass is 178 g/mol. The van der Waals surface area contributed by atoms with Crippen LogP contribution in [0.4, 0.5) is 0 Å². The van der Waals surface area contributed by atoms with Gasteiger partial charge in [0.25, 0.3) is 0 Å². The summed E-state index contributed by atoms with van der Waals surface area (Å²) in [5.41, 5.74) is 0. The van der Waals surface area contributed by atoms with Crippen molar-refractivity contribution in [1.82, 2.24) is 0 Å². The molecule has 0 heterocycles. The van der Waals surface area contributed by atoms with Crippen LogP contribution in [0.3, 0.4) is 0 Å². The van der Waals surface area contributed by atoms with E-state index in [1.165, 1.54) is 0 Å². The van der Waals surface area contributed by atoms with Crippen molar-refractivity contribution < 1.29 is 8.85 Å². The molecule has 0 saturated carbocycles. The maximum absolute atomic E-state index is 5.29. The van der Waals surface area contributed by atoms with Crippen LogP contribution >= 0.6 is 12.2 Å². The molecule has 60 valence electrons. The Kier molecular flexibility index (Phi) is 5.86. The van der Waals surface area contributed by atoms with Crippen LogP contribution in [0.1, 0.15) is 20.3 Å². The lowest BCUT2D eigenvalue weighted by Crippen LogP contribution is -2.21. The summed E-state index contributed by atoms with van der Waals surface area (Å²) in [4.78, 5) is 0. The molecular formula is C6H14O2SSi. The van der Waals surface area contributed by atoms with Gasteiger partial charge in [-0.05, 0) is 25.7 Å². The van der Waals surface area contributed by atoms with E-state index in [2.05, 4.69) is 0 Å². The third kappa shape index (κ3) is 4.90. The van der Waals surface area contributed by atoms with E-state index in [1.54, 1.807) is 0 Å². The molecule has 0 aromatic heterocycles. The highest BCUT2D eigenvalue weighted by Crippen LogP contribution is 1.94. The molecule has 0 aliphatic heterocycles. The van der Waals surface area contributed by atoms with Crippen molar-refractivity contribution in [2.45, 2.75) is 26.8 Å². The van der Waals surface area contributed by atoms with Gasteiger partial charge in [-0.15, -0.1) is 0 Å². The lowest BCUT2D eigenvalue weighted by Gasteiger charge is -2.11. The van der Waals surface area contributed by atoms with Crippen LogP contribution in [-0.4, -0.2) is 20.9 Å². The lowest BCUT2D eigenvalue weighted by molar-refractivity contribution is 0.284. The largest absolute Gasteiger partial charge is 0.517 e. The fourth-order valence-corrected chi connectivity index (χ4v) is 2.02. The van der Waals surface area contributed by atoms with Gasteiger partial charge in [-0.2, -0.15) is 0 Å². The van der Waals surface area contributed by atoms with Crippen molar-refractivity contribution in [3.05, 3.63) is 0 Å². The quantitative estimate of drug-likeness (QED) is 0.481. The van der Waals surface area contributed by atoms with Gasteiger partial charge in [0, 0.05) is 13.0 Å². The minimum Gasteiger partial charge on any atom is -0.517 e. The topological polar surface area (TPSA) is 18.5 Å². The van der Waals surface area contributed by atoms with Crippen molar-refractivity contribution in [3.8, 4) is 0 Å². The molecule has 1 atom stereocenters. The molecule has 1 unspecified atom stereocenters. The highest BCUT2D eigenvalue weighted by atomic mass is 32.1. The fourth-order valence-electron chi connectivity index (χ4n) is 0.537. The van der Waals surface area contributed by atoms with E-state index >= 15 is 0 Å². The minimum atomic E-state index is -1.42. The van der Waals surface area contributed by atoms with Crippen LogP contribution in [0.25, 0.3) is 0 Å². The third-order valence-corrected chi connectivity index (χ3v) is 2.96. The highest BCUT2D eigenvalue weighted by molar-refractivity contribution is 7.80. The van der Waals surface area contributed by atoms with Crippen LogP contribution in [0.15, 0.2) is 0 Å². The van der Waals surface area contributed by atoms with Crippen LogP contribution < -0.4 is 0 Å². The van der Waals surface area contributed by atoms with E-state index in [1.807, 2.05) is 20.4 Å². The van der Waals surface area contributed by atoms with Crippen molar-refractivity contribution in [3.63, 3.8) is 0 Å². The molecule has 0 radical (unpaired) electrons. The Labute approximate surface area is 69.4 Å². The first-order chi connectivity index (χ1) is 4.70. The molecule has 4 heteroatoms. The van der Waals surface area contributed by atoms with E-state index in [9.17, 15) is 0 Å². The molecule has 0 aliphatic carbocycles. The average Bonchev–Trinajstić information content (AvgIpc) is 1.88. The van der Waals surface area contributed by atoms with Gasteiger partial charge >= 0.3 is 9.28 Å². The predicted octanol–water partition coefficient (Wildman–Crippen LogP) is 1.63. The summed E-state index contributed by atoms with van der Waals surface area (Å²) < 4.78 is 10.5. The second-order valence-corrected chi connectivity index (χ2v) is 4.03. The summed E-state index contributed by atoms with van der Waals surface area (Å²) >= 11 is 4.88. The Morgan fingerprint density at radius 2 is 2.10 bits per heavy atom. The molecule has 10 heavy (non-hydrogen) atoms. The van der Waals surface area contributed by atoms with Gasteiger partial charge in [-0.25, -0.2) is 0 Å². The normalized spacial score (nSPS) is 12.7. The maximum Gasteiger partial charge on any atom is 0.379 e. The number of hydrogen-bond donors (Lipinski definition) is 0. The van der Waals surface area contributed by atoms with Gasteiger partial charge in [0.2, 0.25) is 0 Å². The first-order valence-electron chi connectivity index (χ1n) is 3.51. The van der Waals surface area contributed by atoms with Gasteiger partial charge in [0.1, 0.15) is 5.05 Å². The molecule has 0 aliphatic rings. The number of rotatable bonds is 4. The van der Waals surface area contributed by atoms with E-state index in [4.69, 9.17) is 21.1 Å². The molecule has 0 bridgehead atoms. The van der Waals surface area contributed by atoms with Crippen molar-refractivity contribution in [2.24, 2.45) is 0 Å².